The molecule has 2 aliphatic carbocycles. The van der Waals surface area contributed by atoms with Crippen molar-refractivity contribution in [2.24, 2.45) is 0 Å². The fourth-order valence-electron chi connectivity index (χ4n) is 10.1. The molecule has 286 valence electrons. The quantitative estimate of drug-likeness (QED) is 0.158. The van der Waals surface area contributed by atoms with Crippen molar-refractivity contribution in [2.75, 3.05) is 0 Å². The predicted molar refractivity (Wildman–Crippen MR) is 244 cm³/mol. The first-order valence-corrected chi connectivity index (χ1v) is 20.6. The van der Waals surface area contributed by atoms with E-state index in [2.05, 4.69) is 160 Å². The van der Waals surface area contributed by atoms with Crippen molar-refractivity contribution in [3.63, 3.8) is 0 Å². The zero-order valence-corrected chi connectivity index (χ0v) is 33.8. The summed E-state index contributed by atoms with van der Waals surface area (Å²) >= 11 is 0. The smallest absolute Gasteiger partial charge is 0.164 e. The van der Waals surface area contributed by atoms with Crippen LogP contribution in [0.3, 0.4) is 0 Å². The summed E-state index contributed by atoms with van der Waals surface area (Å²) in [5.74, 6) is 3.38. The molecule has 3 aliphatic rings. The first kappa shape index (κ1) is 35.7. The fourth-order valence-corrected chi connectivity index (χ4v) is 10.1. The van der Waals surface area contributed by atoms with Crippen LogP contribution in [-0.4, -0.2) is 15.0 Å². The van der Waals surface area contributed by atoms with Gasteiger partial charge in [-0.1, -0.05) is 190 Å². The first-order valence-electron chi connectivity index (χ1n) is 20.6. The maximum absolute atomic E-state index is 7.09. The molecule has 11 rings (SSSR count). The lowest BCUT2D eigenvalue weighted by atomic mass is 9.65. The molecule has 4 nitrogen and oxygen atoms in total. The molecule has 60 heavy (non-hydrogen) atoms. The van der Waals surface area contributed by atoms with E-state index in [1.807, 2.05) is 49.4 Å². The van der Waals surface area contributed by atoms with Crippen LogP contribution in [0.5, 0.6) is 11.5 Å². The third kappa shape index (κ3) is 5.07. The summed E-state index contributed by atoms with van der Waals surface area (Å²) in [6.07, 6.45) is 6.04. The Labute approximate surface area is 351 Å². The molecule has 1 aromatic heterocycles. The largest absolute Gasteiger partial charge is 0.456 e. The number of aromatic nitrogens is 3. The number of benzene rings is 7. The molecule has 0 saturated carbocycles. The molecule has 0 unspecified atom stereocenters. The van der Waals surface area contributed by atoms with E-state index in [0.29, 0.717) is 17.5 Å². The lowest BCUT2D eigenvalue weighted by Gasteiger charge is -2.40. The van der Waals surface area contributed by atoms with E-state index in [9.17, 15) is 0 Å². The van der Waals surface area contributed by atoms with Crippen LogP contribution in [0.1, 0.15) is 65.5 Å². The van der Waals surface area contributed by atoms with E-state index < -0.39 is 5.41 Å². The summed E-state index contributed by atoms with van der Waals surface area (Å²) in [5, 5.41) is 0. The Morgan fingerprint density at radius 3 is 1.77 bits per heavy atom. The molecule has 8 aromatic rings. The number of fused-ring (bicyclic) bond motifs is 12. The molecule has 0 bridgehead atoms. The zero-order chi connectivity index (χ0) is 40.6. The van der Waals surface area contributed by atoms with Crippen molar-refractivity contribution in [1.29, 1.82) is 0 Å². The van der Waals surface area contributed by atoms with Gasteiger partial charge in [0.05, 0.1) is 5.41 Å². The van der Waals surface area contributed by atoms with Crippen molar-refractivity contribution in [1.82, 2.24) is 15.0 Å². The third-order valence-electron chi connectivity index (χ3n) is 12.7. The maximum Gasteiger partial charge on any atom is 0.164 e. The summed E-state index contributed by atoms with van der Waals surface area (Å²) in [5.41, 5.74) is 16.0. The molecular formula is C56H41N3O. The molecule has 0 fully saturated rings. The average molecular weight is 772 g/mol. The van der Waals surface area contributed by atoms with E-state index in [0.717, 1.165) is 50.5 Å². The van der Waals surface area contributed by atoms with Crippen molar-refractivity contribution in [2.45, 2.75) is 31.6 Å². The molecular weight excluding hydrogens is 731 g/mol. The van der Waals surface area contributed by atoms with Crippen molar-refractivity contribution in [3.8, 4) is 56.5 Å². The molecule has 1 aliphatic heterocycles. The second-order valence-corrected chi connectivity index (χ2v) is 16.3. The van der Waals surface area contributed by atoms with Gasteiger partial charge in [0.1, 0.15) is 11.5 Å². The lowest BCUT2D eigenvalue weighted by molar-refractivity contribution is 0.435. The number of rotatable bonds is 6. The maximum atomic E-state index is 7.09. The topological polar surface area (TPSA) is 47.9 Å². The monoisotopic (exact) mass is 771 g/mol. The highest BCUT2D eigenvalue weighted by Gasteiger charge is 2.51. The highest BCUT2D eigenvalue weighted by atomic mass is 16.5. The molecule has 0 amide bonds. The van der Waals surface area contributed by atoms with Crippen LogP contribution in [0.2, 0.25) is 0 Å². The van der Waals surface area contributed by atoms with Crippen LogP contribution < -0.4 is 4.74 Å². The van der Waals surface area contributed by atoms with E-state index in [1.165, 1.54) is 44.5 Å². The van der Waals surface area contributed by atoms with E-state index in [-0.39, 0.29) is 5.41 Å². The summed E-state index contributed by atoms with van der Waals surface area (Å²) in [6, 6.07) is 58.1. The van der Waals surface area contributed by atoms with Gasteiger partial charge in [0.2, 0.25) is 0 Å². The third-order valence-corrected chi connectivity index (χ3v) is 12.7. The Bertz CT molecular complexity index is 3090. The predicted octanol–water partition coefficient (Wildman–Crippen LogP) is 13.7. The van der Waals surface area contributed by atoms with E-state index in [1.54, 1.807) is 0 Å². The molecule has 0 N–H and O–H groups in total. The van der Waals surface area contributed by atoms with Gasteiger partial charge in [-0.15, -0.1) is 0 Å². The number of para-hydroxylation sites is 2. The Morgan fingerprint density at radius 1 is 0.517 bits per heavy atom. The average Bonchev–Trinajstić information content (AvgIpc) is 3.72. The normalized spacial score (nSPS) is 14.9. The van der Waals surface area contributed by atoms with Crippen molar-refractivity contribution < 1.29 is 4.74 Å². The molecule has 2 heterocycles. The fraction of sp³-hybridized carbons (Fsp3) is 0.0893. The van der Waals surface area contributed by atoms with Gasteiger partial charge >= 0.3 is 0 Å². The summed E-state index contributed by atoms with van der Waals surface area (Å²) < 4.78 is 7.09. The standard InChI is InChI=1S/C56H41N3O/c1-5-19-43(54-58-52(35-20-8-7-9-21-35)57-53(59-54)36-32-33-41-38-22-10-13-26-44(38)55(3,4)49(41)34-36)37(6-2)42-25-18-30-48-51(42)60-50-31-17-16-29-47(50)56(48)45-27-14-11-23-39(45)40-24-12-15-28-46(40)56/h5-34H,2H2,1,3-4H3/b19-5-,43-37-. The molecule has 7 aromatic carbocycles. The number of nitrogens with zero attached hydrogens (tertiary/aromatic N) is 3. The van der Waals surface area contributed by atoms with Gasteiger partial charge in [0.25, 0.3) is 0 Å². The summed E-state index contributed by atoms with van der Waals surface area (Å²) in [6.45, 7) is 11.1. The minimum Gasteiger partial charge on any atom is -0.456 e. The summed E-state index contributed by atoms with van der Waals surface area (Å²) in [7, 11) is 0. The summed E-state index contributed by atoms with van der Waals surface area (Å²) in [4.78, 5) is 15.7. The number of hydrogen-bond donors (Lipinski definition) is 0. The Balaban J connectivity index is 1.15. The van der Waals surface area contributed by atoms with Gasteiger partial charge in [0, 0.05) is 38.8 Å². The Morgan fingerprint density at radius 2 is 1.08 bits per heavy atom. The first-order chi connectivity index (χ1) is 29.4. The van der Waals surface area contributed by atoms with Gasteiger partial charge in [-0.25, -0.2) is 15.0 Å². The SMILES string of the molecule is C=C/C(=C(\C=C/C)c1nc(-c2ccccc2)nc(-c2ccc3c(c2)C(C)(C)c2ccccc2-3)n1)c1cccc2c1Oc1ccccc1C21c2ccccc2-c2ccccc21. The van der Waals surface area contributed by atoms with Gasteiger partial charge in [0.15, 0.2) is 17.5 Å². The van der Waals surface area contributed by atoms with E-state index >= 15 is 0 Å². The van der Waals surface area contributed by atoms with Gasteiger partial charge in [-0.3, -0.25) is 0 Å². The number of hydrogen-bond acceptors (Lipinski definition) is 4. The van der Waals surface area contributed by atoms with Crippen LogP contribution >= 0.6 is 0 Å². The van der Waals surface area contributed by atoms with Crippen LogP contribution in [0.4, 0.5) is 0 Å². The van der Waals surface area contributed by atoms with Crippen LogP contribution in [-0.2, 0) is 10.8 Å². The molecule has 0 atom stereocenters. The lowest BCUT2D eigenvalue weighted by Crippen LogP contribution is -2.32. The van der Waals surface area contributed by atoms with Gasteiger partial charge in [-0.05, 0) is 69.1 Å². The Kier molecular flexibility index (Phi) is 8.08. The zero-order valence-electron chi connectivity index (χ0n) is 33.8. The van der Waals surface area contributed by atoms with Crippen LogP contribution in [0, 0.1) is 0 Å². The van der Waals surface area contributed by atoms with Crippen LogP contribution in [0.25, 0.3) is 56.2 Å². The second kappa shape index (κ2) is 13.6. The minimum absolute atomic E-state index is 0.172. The number of allylic oxidation sites excluding steroid dienone is 5. The second-order valence-electron chi connectivity index (χ2n) is 16.3. The van der Waals surface area contributed by atoms with E-state index in [4.69, 9.17) is 19.7 Å². The molecule has 0 radical (unpaired) electrons. The van der Waals surface area contributed by atoms with Crippen molar-refractivity contribution >= 4 is 11.1 Å². The van der Waals surface area contributed by atoms with Crippen molar-refractivity contribution in [3.05, 3.63) is 233 Å². The highest BCUT2D eigenvalue weighted by molar-refractivity contribution is 6.01. The molecule has 0 saturated heterocycles. The number of ether oxygens (including phenoxy) is 1. The Hall–Kier alpha value is -7.43. The minimum atomic E-state index is -0.595. The highest BCUT2D eigenvalue weighted by Crippen LogP contribution is 2.63. The van der Waals surface area contributed by atoms with Gasteiger partial charge in [-0.2, -0.15) is 0 Å². The van der Waals surface area contributed by atoms with Gasteiger partial charge < -0.3 is 4.74 Å². The van der Waals surface area contributed by atoms with Crippen LogP contribution in [0.15, 0.2) is 189 Å². The molecule has 1 spiro atoms. The molecule has 4 heteroatoms.